The van der Waals surface area contributed by atoms with E-state index in [9.17, 15) is 27.6 Å². The second-order valence-corrected chi connectivity index (χ2v) is 9.19. The van der Waals surface area contributed by atoms with Gasteiger partial charge >= 0.3 is 12.4 Å². The van der Waals surface area contributed by atoms with Gasteiger partial charge in [0.1, 0.15) is 17.2 Å². The first-order valence-electron chi connectivity index (χ1n) is 11.4. The zero-order valence-electron chi connectivity index (χ0n) is 19.0. The van der Waals surface area contributed by atoms with Crippen LogP contribution in [0.25, 0.3) is 0 Å². The number of hydrogen-bond donors (Lipinski definition) is 3. The number of nitrogens with zero attached hydrogens (tertiary/aromatic N) is 1. The molecule has 0 aromatic heterocycles. The van der Waals surface area contributed by atoms with Crippen LogP contribution in [0.1, 0.15) is 18.4 Å². The summed E-state index contributed by atoms with van der Waals surface area (Å²) in [4.78, 5) is 40.2. The number of hydrogen-bond acceptors (Lipinski definition) is 7. The van der Waals surface area contributed by atoms with Crippen LogP contribution in [0.5, 0.6) is 17.2 Å². The number of amides is 4. The molecule has 3 heterocycles. The fraction of sp³-hybridized carbons (Fsp3) is 0.375. The Kier molecular flexibility index (Phi) is 5.87. The molecular formula is C24H23F3N4O5. The predicted molar refractivity (Wildman–Crippen MR) is 119 cm³/mol. The van der Waals surface area contributed by atoms with Gasteiger partial charge in [-0.05, 0) is 66.8 Å². The lowest BCUT2D eigenvalue weighted by atomic mass is 9.83. The summed E-state index contributed by atoms with van der Waals surface area (Å²) >= 11 is 0. The van der Waals surface area contributed by atoms with Gasteiger partial charge in [-0.2, -0.15) is 0 Å². The number of halogens is 3. The number of barbiturate groups is 1. The minimum absolute atomic E-state index is 0.0416. The van der Waals surface area contributed by atoms with Crippen LogP contribution < -0.4 is 25.4 Å². The smallest absolute Gasteiger partial charge is 0.457 e. The van der Waals surface area contributed by atoms with Gasteiger partial charge < -0.3 is 14.8 Å². The molecule has 190 valence electrons. The Hall–Kier alpha value is -3.64. The summed E-state index contributed by atoms with van der Waals surface area (Å²) in [5, 5.41) is 7.82. The Morgan fingerprint density at radius 2 is 1.42 bits per heavy atom. The maximum absolute atomic E-state index is 13.3. The number of carbonyl (C=O) groups excluding carboxylic acids is 3. The van der Waals surface area contributed by atoms with Crippen molar-refractivity contribution in [2.45, 2.75) is 24.7 Å². The van der Waals surface area contributed by atoms with Crippen LogP contribution in [0.4, 0.5) is 18.0 Å². The van der Waals surface area contributed by atoms with Crippen molar-refractivity contribution in [3.8, 4) is 17.2 Å². The molecule has 3 aliphatic rings. The summed E-state index contributed by atoms with van der Waals surface area (Å²) in [7, 11) is 0. The zero-order chi connectivity index (χ0) is 25.6. The molecule has 3 fully saturated rings. The molecule has 2 aromatic rings. The summed E-state index contributed by atoms with van der Waals surface area (Å²) in [6.07, 6.45) is -3.05. The largest absolute Gasteiger partial charge is 0.573 e. The molecule has 0 radical (unpaired) electrons. The van der Waals surface area contributed by atoms with Gasteiger partial charge in [0.05, 0.1) is 0 Å². The number of urea groups is 1. The van der Waals surface area contributed by atoms with E-state index in [1.807, 2.05) is 4.90 Å². The van der Waals surface area contributed by atoms with Crippen LogP contribution in [0.15, 0.2) is 48.5 Å². The molecule has 2 aromatic carbocycles. The molecule has 0 aliphatic carbocycles. The molecule has 0 saturated carbocycles. The number of nitrogens with one attached hydrogen (secondary N) is 3. The lowest BCUT2D eigenvalue weighted by molar-refractivity contribution is -0.274. The lowest BCUT2D eigenvalue weighted by Crippen LogP contribution is -2.70. The lowest BCUT2D eigenvalue weighted by Gasteiger charge is -2.41. The summed E-state index contributed by atoms with van der Waals surface area (Å²) in [5.41, 5.74) is -1.40. The van der Waals surface area contributed by atoms with Crippen molar-refractivity contribution in [2.75, 3.05) is 26.2 Å². The number of likely N-dealkylation sites (tertiary alicyclic amines) is 1. The number of benzene rings is 2. The fourth-order valence-corrected chi connectivity index (χ4v) is 5.23. The number of ether oxygens (including phenoxy) is 2. The van der Waals surface area contributed by atoms with Crippen LogP contribution in [0, 0.1) is 5.41 Å². The summed E-state index contributed by atoms with van der Waals surface area (Å²) in [6.45, 7) is 2.68. The zero-order valence-corrected chi connectivity index (χ0v) is 19.0. The minimum atomic E-state index is -4.79. The highest BCUT2D eigenvalue weighted by atomic mass is 19.4. The third-order valence-electron chi connectivity index (χ3n) is 6.92. The van der Waals surface area contributed by atoms with Gasteiger partial charge in [-0.1, -0.05) is 12.1 Å². The van der Waals surface area contributed by atoms with E-state index in [-0.39, 0.29) is 16.9 Å². The van der Waals surface area contributed by atoms with E-state index in [4.69, 9.17) is 4.74 Å². The second kappa shape index (κ2) is 8.79. The Bertz CT molecular complexity index is 1160. The number of carbonyl (C=O) groups is 3. The second-order valence-electron chi connectivity index (χ2n) is 9.19. The van der Waals surface area contributed by atoms with Gasteiger partial charge in [0.2, 0.25) is 5.54 Å². The van der Waals surface area contributed by atoms with Crippen molar-refractivity contribution in [1.82, 2.24) is 20.9 Å². The molecule has 1 spiro atoms. The van der Waals surface area contributed by atoms with E-state index in [0.717, 1.165) is 38.1 Å². The highest BCUT2D eigenvalue weighted by molar-refractivity contribution is 6.22. The molecule has 1 atom stereocenters. The molecule has 36 heavy (non-hydrogen) atoms. The SMILES string of the molecule is O=C1NC(=O)C(c2ccc(Oc3ccc(OC(F)(F)F)cc3)cc2)(N2CCC3(CCNC3)C2)C(=O)N1. The number of rotatable bonds is 5. The van der Waals surface area contributed by atoms with Crippen molar-refractivity contribution in [3.05, 3.63) is 54.1 Å². The maximum Gasteiger partial charge on any atom is 0.573 e. The molecular weight excluding hydrogens is 481 g/mol. The average molecular weight is 504 g/mol. The van der Waals surface area contributed by atoms with Crippen molar-refractivity contribution in [1.29, 1.82) is 0 Å². The molecule has 3 saturated heterocycles. The Morgan fingerprint density at radius 3 is 1.97 bits per heavy atom. The van der Waals surface area contributed by atoms with Gasteiger partial charge in [-0.25, -0.2) is 4.79 Å². The highest BCUT2D eigenvalue weighted by Crippen LogP contribution is 2.43. The van der Waals surface area contributed by atoms with Crippen LogP contribution >= 0.6 is 0 Å². The molecule has 12 heteroatoms. The standard InChI is InChI=1S/C24H23F3N4O5/c25-24(26,27)36-18-7-5-17(6-8-18)35-16-3-1-15(2-4-16)23(19(32)29-21(34)30-20(23)33)31-12-10-22(14-31)9-11-28-13-22/h1-8,28H,9-14H2,(H2,29,30,32,33,34). The van der Waals surface area contributed by atoms with Crippen molar-refractivity contribution in [3.63, 3.8) is 0 Å². The van der Waals surface area contributed by atoms with E-state index in [2.05, 4.69) is 20.7 Å². The summed E-state index contributed by atoms with van der Waals surface area (Å²) in [5.74, 6) is -1.21. The van der Waals surface area contributed by atoms with Gasteiger partial charge in [-0.3, -0.25) is 25.1 Å². The first-order valence-corrected chi connectivity index (χ1v) is 11.4. The summed E-state index contributed by atoms with van der Waals surface area (Å²) in [6, 6.07) is 10.3. The molecule has 4 amide bonds. The van der Waals surface area contributed by atoms with Crippen molar-refractivity contribution >= 4 is 17.8 Å². The Morgan fingerprint density at radius 1 is 0.833 bits per heavy atom. The van der Waals surface area contributed by atoms with E-state index < -0.39 is 29.7 Å². The summed E-state index contributed by atoms with van der Waals surface area (Å²) < 4.78 is 46.6. The average Bonchev–Trinajstić information content (AvgIpc) is 3.45. The van der Waals surface area contributed by atoms with Gasteiger partial charge in [-0.15, -0.1) is 13.2 Å². The first-order chi connectivity index (χ1) is 17.1. The van der Waals surface area contributed by atoms with Crippen LogP contribution in [0.3, 0.4) is 0 Å². The topological polar surface area (TPSA) is 109 Å². The van der Waals surface area contributed by atoms with E-state index in [1.54, 1.807) is 24.3 Å². The number of alkyl halides is 3. The third kappa shape index (κ3) is 4.37. The minimum Gasteiger partial charge on any atom is -0.457 e. The molecule has 0 bridgehead atoms. The Balaban J connectivity index is 1.40. The van der Waals surface area contributed by atoms with Crippen molar-refractivity contribution in [2.24, 2.45) is 5.41 Å². The van der Waals surface area contributed by atoms with Crippen molar-refractivity contribution < 1.29 is 37.0 Å². The normalized spacial score (nSPS) is 24.0. The Labute approximate surface area is 203 Å². The van der Waals surface area contributed by atoms with Crippen LogP contribution in [-0.4, -0.2) is 55.3 Å². The van der Waals surface area contributed by atoms with Crippen LogP contribution in [-0.2, 0) is 15.1 Å². The highest BCUT2D eigenvalue weighted by Gasteiger charge is 2.59. The molecule has 3 N–H and O–H groups in total. The number of imide groups is 2. The maximum atomic E-state index is 13.3. The monoisotopic (exact) mass is 504 g/mol. The van der Waals surface area contributed by atoms with Gasteiger partial charge in [0, 0.05) is 19.6 Å². The van der Waals surface area contributed by atoms with E-state index >= 15 is 0 Å². The van der Waals surface area contributed by atoms with E-state index in [0.29, 0.717) is 24.4 Å². The molecule has 1 unspecified atom stereocenters. The van der Waals surface area contributed by atoms with Gasteiger partial charge in [0.25, 0.3) is 11.8 Å². The third-order valence-corrected chi connectivity index (χ3v) is 6.92. The van der Waals surface area contributed by atoms with E-state index in [1.165, 1.54) is 12.1 Å². The predicted octanol–water partition coefficient (Wildman–Crippen LogP) is 2.62. The molecule has 3 aliphatic heterocycles. The van der Waals surface area contributed by atoms with Gasteiger partial charge in [0.15, 0.2) is 0 Å². The van der Waals surface area contributed by atoms with Crippen LogP contribution in [0.2, 0.25) is 0 Å². The fourth-order valence-electron chi connectivity index (χ4n) is 5.23. The molecule has 5 rings (SSSR count). The quantitative estimate of drug-likeness (QED) is 0.538. The first kappa shape index (κ1) is 24.1. The molecule has 9 nitrogen and oxygen atoms in total.